The Balaban J connectivity index is 0.00000392. The van der Waals surface area contributed by atoms with E-state index in [0.717, 1.165) is 57.6 Å². The lowest BCUT2D eigenvalue weighted by Crippen LogP contribution is -2.44. The summed E-state index contributed by atoms with van der Waals surface area (Å²) in [4.78, 5) is 18.9. The van der Waals surface area contributed by atoms with Gasteiger partial charge in [-0.2, -0.15) is 0 Å². The Hall–Kier alpha value is -1.10. The Labute approximate surface area is 189 Å². The van der Waals surface area contributed by atoms with Crippen molar-refractivity contribution in [3.8, 4) is 0 Å². The Morgan fingerprint density at radius 1 is 1.21 bits per heavy atom. The molecule has 1 saturated heterocycles. The number of benzene rings is 1. The van der Waals surface area contributed by atoms with E-state index in [-0.39, 0.29) is 29.9 Å². The normalized spacial score (nSPS) is 14.9. The lowest BCUT2D eigenvalue weighted by atomic mass is 10.2. The van der Waals surface area contributed by atoms with E-state index in [2.05, 4.69) is 25.8 Å². The van der Waals surface area contributed by atoms with Gasteiger partial charge >= 0.3 is 0 Å². The van der Waals surface area contributed by atoms with E-state index in [0.29, 0.717) is 24.4 Å². The van der Waals surface area contributed by atoms with E-state index < -0.39 is 0 Å². The van der Waals surface area contributed by atoms with Gasteiger partial charge in [-0.25, -0.2) is 0 Å². The quantitative estimate of drug-likeness (QED) is 0.201. The van der Waals surface area contributed by atoms with Crippen molar-refractivity contribution in [1.82, 2.24) is 15.5 Å². The monoisotopic (exact) mass is 523 g/mol. The van der Waals surface area contributed by atoms with Crippen LogP contribution in [0, 0.1) is 0 Å². The van der Waals surface area contributed by atoms with Gasteiger partial charge in [0, 0.05) is 56.4 Å². The summed E-state index contributed by atoms with van der Waals surface area (Å²) in [7, 11) is 0. The van der Waals surface area contributed by atoms with E-state index in [1.54, 1.807) is 24.3 Å². The van der Waals surface area contributed by atoms with Crippen molar-refractivity contribution in [3.05, 3.63) is 29.3 Å². The molecule has 1 aromatic rings. The number of guanidine groups is 1. The molecule has 0 aromatic heterocycles. The SMILES string of the molecule is CCNC(=NCCCC(=O)Nc1ccc(Cl)cc1)NCCN1CCOCC1.I. The number of rotatable bonds is 9. The molecule has 0 unspecified atom stereocenters. The lowest BCUT2D eigenvalue weighted by molar-refractivity contribution is -0.116. The third-order valence-corrected chi connectivity index (χ3v) is 4.38. The Bertz CT molecular complexity index is 594. The Morgan fingerprint density at radius 2 is 1.93 bits per heavy atom. The maximum atomic E-state index is 12.0. The maximum absolute atomic E-state index is 12.0. The van der Waals surface area contributed by atoms with Gasteiger partial charge in [0.1, 0.15) is 0 Å². The van der Waals surface area contributed by atoms with Crippen LogP contribution in [0.15, 0.2) is 29.3 Å². The average molecular weight is 524 g/mol. The topological polar surface area (TPSA) is 78.0 Å². The van der Waals surface area contributed by atoms with Crippen LogP contribution in [0.5, 0.6) is 0 Å². The van der Waals surface area contributed by atoms with Crippen LogP contribution < -0.4 is 16.0 Å². The Morgan fingerprint density at radius 3 is 2.61 bits per heavy atom. The zero-order chi connectivity index (χ0) is 19.3. The van der Waals surface area contributed by atoms with Crippen LogP contribution in [-0.4, -0.2) is 69.2 Å². The van der Waals surface area contributed by atoms with Crippen molar-refractivity contribution in [2.45, 2.75) is 19.8 Å². The first-order valence-electron chi connectivity index (χ1n) is 9.55. The summed E-state index contributed by atoms with van der Waals surface area (Å²) in [6.07, 6.45) is 1.12. The number of halogens is 2. The van der Waals surface area contributed by atoms with Crippen molar-refractivity contribution in [3.63, 3.8) is 0 Å². The highest BCUT2D eigenvalue weighted by Gasteiger charge is 2.09. The van der Waals surface area contributed by atoms with Crippen molar-refractivity contribution >= 4 is 53.1 Å². The van der Waals surface area contributed by atoms with Crippen LogP contribution in [-0.2, 0) is 9.53 Å². The van der Waals surface area contributed by atoms with Gasteiger partial charge in [0.25, 0.3) is 0 Å². The zero-order valence-electron chi connectivity index (χ0n) is 16.4. The summed E-state index contributed by atoms with van der Waals surface area (Å²) in [6, 6.07) is 7.10. The van der Waals surface area contributed by atoms with Crippen molar-refractivity contribution < 1.29 is 9.53 Å². The molecule has 158 valence electrons. The van der Waals surface area contributed by atoms with Gasteiger partial charge in [-0.05, 0) is 37.6 Å². The second-order valence-corrected chi connectivity index (χ2v) is 6.74. The second-order valence-electron chi connectivity index (χ2n) is 6.30. The van der Waals surface area contributed by atoms with E-state index in [9.17, 15) is 4.79 Å². The molecule has 1 aliphatic heterocycles. The summed E-state index contributed by atoms with van der Waals surface area (Å²) in [6.45, 7) is 8.84. The number of morpholine rings is 1. The number of anilines is 1. The molecule has 0 saturated carbocycles. The third kappa shape index (κ3) is 10.4. The lowest BCUT2D eigenvalue weighted by Gasteiger charge is -2.26. The van der Waals surface area contributed by atoms with Gasteiger partial charge in [0.2, 0.25) is 5.91 Å². The molecule has 0 radical (unpaired) electrons. The molecule has 9 heteroatoms. The first kappa shape index (κ1) is 24.9. The number of carbonyl (C=O) groups excluding carboxylic acids is 1. The predicted octanol–water partition coefficient (Wildman–Crippen LogP) is 2.56. The molecule has 1 aromatic carbocycles. The molecule has 28 heavy (non-hydrogen) atoms. The van der Waals surface area contributed by atoms with Crippen LogP contribution in [0.4, 0.5) is 5.69 Å². The van der Waals surface area contributed by atoms with Crippen LogP contribution in [0.1, 0.15) is 19.8 Å². The van der Waals surface area contributed by atoms with Crippen molar-refractivity contribution in [1.29, 1.82) is 0 Å². The standard InChI is InChI=1S/C19H30ClN5O2.HI/c1-2-21-19(23-10-11-25-12-14-27-15-13-25)22-9-3-4-18(26)24-17-7-5-16(20)6-8-17;/h5-8H,2-4,9-15H2,1H3,(H,24,26)(H2,21,22,23);1H. The summed E-state index contributed by atoms with van der Waals surface area (Å²) in [5, 5.41) is 10.1. The summed E-state index contributed by atoms with van der Waals surface area (Å²) in [5.74, 6) is 0.779. The predicted molar refractivity (Wildman–Crippen MR) is 126 cm³/mol. The number of amides is 1. The molecule has 2 rings (SSSR count). The molecule has 0 atom stereocenters. The smallest absolute Gasteiger partial charge is 0.224 e. The number of nitrogens with one attached hydrogen (secondary N) is 3. The molecule has 0 aliphatic carbocycles. The Kier molecular flexibility index (Phi) is 13.2. The van der Waals surface area contributed by atoms with Gasteiger partial charge in [0.05, 0.1) is 13.2 Å². The second kappa shape index (κ2) is 14.8. The molecular weight excluding hydrogens is 493 g/mol. The van der Waals surface area contributed by atoms with Crippen LogP contribution in [0.25, 0.3) is 0 Å². The van der Waals surface area contributed by atoms with E-state index in [4.69, 9.17) is 16.3 Å². The van der Waals surface area contributed by atoms with Crippen LogP contribution in [0.3, 0.4) is 0 Å². The molecule has 0 spiro atoms. The average Bonchev–Trinajstić information content (AvgIpc) is 2.68. The molecular formula is C19H31ClIN5O2. The highest BCUT2D eigenvalue weighted by molar-refractivity contribution is 14.0. The van der Waals surface area contributed by atoms with Gasteiger partial charge in [0.15, 0.2) is 5.96 Å². The van der Waals surface area contributed by atoms with Gasteiger partial charge in [-0.3, -0.25) is 14.7 Å². The maximum Gasteiger partial charge on any atom is 0.224 e. The number of ether oxygens (including phenoxy) is 1. The summed E-state index contributed by atoms with van der Waals surface area (Å²) >= 11 is 5.84. The summed E-state index contributed by atoms with van der Waals surface area (Å²) < 4.78 is 5.36. The van der Waals surface area contributed by atoms with Crippen LogP contribution in [0.2, 0.25) is 5.02 Å². The first-order chi connectivity index (χ1) is 13.2. The van der Waals surface area contributed by atoms with Gasteiger partial charge < -0.3 is 20.7 Å². The van der Waals surface area contributed by atoms with E-state index in [1.807, 2.05) is 6.92 Å². The van der Waals surface area contributed by atoms with Gasteiger partial charge in [-0.1, -0.05) is 11.6 Å². The fourth-order valence-electron chi connectivity index (χ4n) is 2.69. The van der Waals surface area contributed by atoms with E-state index >= 15 is 0 Å². The van der Waals surface area contributed by atoms with E-state index in [1.165, 1.54) is 0 Å². The molecule has 0 bridgehead atoms. The minimum Gasteiger partial charge on any atom is -0.379 e. The highest BCUT2D eigenvalue weighted by atomic mass is 127. The van der Waals surface area contributed by atoms with Crippen molar-refractivity contribution in [2.24, 2.45) is 4.99 Å². The van der Waals surface area contributed by atoms with Crippen molar-refractivity contribution in [2.75, 3.05) is 57.8 Å². The number of hydrogen-bond acceptors (Lipinski definition) is 4. The highest BCUT2D eigenvalue weighted by Crippen LogP contribution is 2.13. The number of hydrogen-bond donors (Lipinski definition) is 3. The zero-order valence-corrected chi connectivity index (χ0v) is 19.5. The fourth-order valence-corrected chi connectivity index (χ4v) is 2.81. The molecule has 7 nitrogen and oxygen atoms in total. The molecule has 1 heterocycles. The molecule has 1 fully saturated rings. The largest absolute Gasteiger partial charge is 0.379 e. The minimum atomic E-state index is -0.0159. The number of nitrogens with zero attached hydrogens (tertiary/aromatic N) is 2. The number of carbonyl (C=O) groups is 1. The minimum absolute atomic E-state index is 0. The first-order valence-corrected chi connectivity index (χ1v) is 9.93. The van der Waals surface area contributed by atoms with Gasteiger partial charge in [-0.15, -0.1) is 24.0 Å². The summed E-state index contributed by atoms with van der Waals surface area (Å²) in [5.41, 5.74) is 0.756. The molecule has 1 aliphatic rings. The molecule has 1 amide bonds. The fraction of sp³-hybridized carbons (Fsp3) is 0.579. The number of aliphatic imine (C=N–C) groups is 1. The van der Waals surface area contributed by atoms with Crippen LogP contribution >= 0.6 is 35.6 Å². The third-order valence-electron chi connectivity index (χ3n) is 4.13. The molecule has 3 N–H and O–H groups in total.